The minimum atomic E-state index is -0.550. The molecule has 0 saturated heterocycles. The Labute approximate surface area is 128 Å². The predicted molar refractivity (Wildman–Crippen MR) is 84.9 cm³/mol. The molecular weight excluding hydrogens is 276 g/mol. The van der Waals surface area contributed by atoms with Gasteiger partial charge in [-0.1, -0.05) is 54.6 Å². The first kappa shape index (κ1) is 14.0. The number of hydrogen-bond donors (Lipinski definition) is 0. The van der Waals surface area contributed by atoms with Gasteiger partial charge in [-0.2, -0.15) is 0 Å². The molecule has 1 heterocycles. The molecule has 0 spiro atoms. The fraction of sp³-hybridized carbons (Fsp3) is 0.0526. The first-order chi connectivity index (χ1) is 10.7. The van der Waals surface area contributed by atoms with Crippen molar-refractivity contribution in [3.8, 4) is 0 Å². The maximum atomic E-state index is 10.8. The molecular formula is C19H14O3. The van der Waals surface area contributed by atoms with Crippen molar-refractivity contribution >= 4 is 22.7 Å². The SMILES string of the molecule is Cc1cccc2ccccc12.O=C1OC(=O)c2ccccc21. The zero-order valence-corrected chi connectivity index (χ0v) is 12.1. The van der Waals surface area contributed by atoms with E-state index in [-0.39, 0.29) is 0 Å². The van der Waals surface area contributed by atoms with Crippen LogP contribution >= 0.6 is 0 Å². The number of carbonyl (C=O) groups is 2. The van der Waals surface area contributed by atoms with Crippen LogP contribution in [0.3, 0.4) is 0 Å². The largest absolute Gasteiger partial charge is 0.386 e. The monoisotopic (exact) mass is 290 g/mol. The van der Waals surface area contributed by atoms with Crippen LogP contribution in [0.5, 0.6) is 0 Å². The number of esters is 2. The number of fused-ring (bicyclic) bond motifs is 2. The molecule has 3 aromatic rings. The molecule has 108 valence electrons. The lowest BCUT2D eigenvalue weighted by molar-refractivity contribution is 0.0444. The average Bonchev–Trinajstić information content (AvgIpc) is 2.84. The topological polar surface area (TPSA) is 43.4 Å². The van der Waals surface area contributed by atoms with E-state index in [0.29, 0.717) is 11.1 Å². The standard InChI is InChI=1S/C11H10.C8H4O3/c1-9-5-4-7-10-6-2-3-8-11(9)10;9-7-5-3-1-2-4-6(5)8(10)11-7/h2-8H,1H3;1-4H. The summed E-state index contributed by atoms with van der Waals surface area (Å²) in [5.74, 6) is -1.10. The van der Waals surface area contributed by atoms with Gasteiger partial charge in [0, 0.05) is 0 Å². The second-order valence-electron chi connectivity index (χ2n) is 5.02. The van der Waals surface area contributed by atoms with Gasteiger partial charge in [0.05, 0.1) is 11.1 Å². The Hall–Kier alpha value is -2.94. The van der Waals surface area contributed by atoms with Gasteiger partial charge < -0.3 is 4.74 Å². The van der Waals surface area contributed by atoms with Crippen molar-refractivity contribution in [3.63, 3.8) is 0 Å². The van der Waals surface area contributed by atoms with Crippen molar-refractivity contribution in [2.24, 2.45) is 0 Å². The van der Waals surface area contributed by atoms with Gasteiger partial charge in [0.1, 0.15) is 0 Å². The van der Waals surface area contributed by atoms with E-state index in [4.69, 9.17) is 0 Å². The molecule has 0 radical (unpaired) electrons. The van der Waals surface area contributed by atoms with E-state index < -0.39 is 11.9 Å². The highest BCUT2D eigenvalue weighted by Crippen LogP contribution is 2.18. The Balaban J connectivity index is 0.000000131. The molecule has 0 N–H and O–H groups in total. The first-order valence-corrected chi connectivity index (χ1v) is 6.97. The van der Waals surface area contributed by atoms with Crippen LogP contribution in [0.25, 0.3) is 10.8 Å². The Kier molecular flexibility index (Phi) is 3.71. The van der Waals surface area contributed by atoms with Crippen LogP contribution in [0.1, 0.15) is 26.3 Å². The highest BCUT2D eigenvalue weighted by atomic mass is 16.6. The third-order valence-corrected chi connectivity index (χ3v) is 3.56. The Bertz CT molecular complexity index is 827. The predicted octanol–water partition coefficient (Wildman–Crippen LogP) is 4.15. The molecule has 3 heteroatoms. The summed E-state index contributed by atoms with van der Waals surface area (Å²) in [7, 11) is 0. The average molecular weight is 290 g/mol. The lowest BCUT2D eigenvalue weighted by atomic mass is 10.1. The molecule has 0 aromatic heterocycles. The zero-order valence-electron chi connectivity index (χ0n) is 12.1. The van der Waals surface area contributed by atoms with Gasteiger partial charge >= 0.3 is 11.9 Å². The number of benzene rings is 3. The molecule has 1 aliphatic rings. The minimum Gasteiger partial charge on any atom is -0.386 e. The lowest BCUT2D eigenvalue weighted by Crippen LogP contribution is -1.96. The molecule has 0 amide bonds. The number of hydrogen-bond acceptors (Lipinski definition) is 3. The molecule has 0 fully saturated rings. The normalized spacial score (nSPS) is 12.4. The van der Waals surface area contributed by atoms with Crippen molar-refractivity contribution in [1.29, 1.82) is 0 Å². The summed E-state index contributed by atoms with van der Waals surface area (Å²) in [5, 5.41) is 2.68. The van der Waals surface area contributed by atoms with Crippen molar-refractivity contribution in [1.82, 2.24) is 0 Å². The fourth-order valence-corrected chi connectivity index (χ4v) is 2.42. The quantitative estimate of drug-likeness (QED) is 0.461. The van der Waals surface area contributed by atoms with E-state index >= 15 is 0 Å². The number of aryl methyl sites for hydroxylation is 1. The van der Waals surface area contributed by atoms with Gasteiger partial charge in [-0.3, -0.25) is 0 Å². The van der Waals surface area contributed by atoms with Crippen LogP contribution < -0.4 is 0 Å². The lowest BCUT2D eigenvalue weighted by Gasteiger charge is -1.98. The van der Waals surface area contributed by atoms with Crippen LogP contribution in [0.4, 0.5) is 0 Å². The van der Waals surface area contributed by atoms with Crippen LogP contribution in [-0.4, -0.2) is 11.9 Å². The van der Waals surface area contributed by atoms with E-state index in [1.165, 1.54) is 16.3 Å². The summed E-state index contributed by atoms with van der Waals surface area (Å²) >= 11 is 0. The third-order valence-electron chi connectivity index (χ3n) is 3.56. The number of ether oxygens (including phenoxy) is 1. The second kappa shape index (κ2) is 5.82. The smallest absolute Gasteiger partial charge is 0.346 e. The molecule has 3 nitrogen and oxygen atoms in total. The summed E-state index contributed by atoms with van der Waals surface area (Å²) in [6.45, 7) is 2.14. The fourth-order valence-electron chi connectivity index (χ4n) is 2.42. The maximum absolute atomic E-state index is 10.8. The van der Waals surface area contributed by atoms with Crippen LogP contribution in [0, 0.1) is 6.92 Å². The van der Waals surface area contributed by atoms with E-state index in [1.54, 1.807) is 24.3 Å². The molecule has 1 aliphatic heterocycles. The van der Waals surface area contributed by atoms with E-state index in [1.807, 2.05) is 0 Å². The molecule has 22 heavy (non-hydrogen) atoms. The Morgan fingerprint density at radius 2 is 1.23 bits per heavy atom. The minimum absolute atomic E-state index is 0.359. The van der Waals surface area contributed by atoms with Gasteiger partial charge in [0.15, 0.2) is 0 Å². The second-order valence-corrected chi connectivity index (χ2v) is 5.02. The summed E-state index contributed by atoms with van der Waals surface area (Å²) in [4.78, 5) is 21.7. The molecule has 4 rings (SSSR count). The molecule has 0 atom stereocenters. The summed E-state index contributed by atoms with van der Waals surface area (Å²) in [6, 6.07) is 21.4. The highest BCUT2D eigenvalue weighted by Gasteiger charge is 2.28. The summed E-state index contributed by atoms with van der Waals surface area (Å²) in [6.07, 6.45) is 0. The molecule has 0 bridgehead atoms. The molecule has 0 aliphatic carbocycles. The summed E-state index contributed by atoms with van der Waals surface area (Å²) < 4.78 is 4.35. The van der Waals surface area contributed by atoms with Gasteiger partial charge in [-0.15, -0.1) is 0 Å². The van der Waals surface area contributed by atoms with Crippen LogP contribution in [0.15, 0.2) is 66.7 Å². The van der Waals surface area contributed by atoms with Crippen molar-refractivity contribution in [3.05, 3.63) is 83.4 Å². The number of carbonyl (C=O) groups excluding carboxylic acids is 2. The molecule has 0 saturated carbocycles. The van der Waals surface area contributed by atoms with Gasteiger partial charge in [0.2, 0.25) is 0 Å². The Morgan fingerprint density at radius 1 is 0.682 bits per heavy atom. The number of cyclic esters (lactones) is 2. The summed E-state index contributed by atoms with van der Waals surface area (Å²) in [5.41, 5.74) is 2.07. The highest BCUT2D eigenvalue weighted by molar-refractivity contribution is 6.14. The number of rotatable bonds is 0. The first-order valence-electron chi connectivity index (χ1n) is 6.97. The van der Waals surface area contributed by atoms with E-state index in [2.05, 4.69) is 54.1 Å². The van der Waals surface area contributed by atoms with Crippen LogP contribution in [0.2, 0.25) is 0 Å². The van der Waals surface area contributed by atoms with E-state index in [9.17, 15) is 9.59 Å². The Morgan fingerprint density at radius 3 is 1.86 bits per heavy atom. The zero-order chi connectivity index (χ0) is 15.5. The van der Waals surface area contributed by atoms with Crippen molar-refractivity contribution in [2.75, 3.05) is 0 Å². The maximum Gasteiger partial charge on any atom is 0.346 e. The van der Waals surface area contributed by atoms with Crippen LogP contribution in [-0.2, 0) is 4.74 Å². The van der Waals surface area contributed by atoms with E-state index in [0.717, 1.165) is 0 Å². The van der Waals surface area contributed by atoms with Crippen molar-refractivity contribution < 1.29 is 14.3 Å². The van der Waals surface area contributed by atoms with Gasteiger partial charge in [-0.25, -0.2) is 9.59 Å². The van der Waals surface area contributed by atoms with Crippen molar-refractivity contribution in [2.45, 2.75) is 6.92 Å². The third kappa shape index (κ3) is 2.61. The molecule has 3 aromatic carbocycles. The van der Waals surface area contributed by atoms with Gasteiger partial charge in [-0.05, 0) is 35.4 Å². The molecule has 0 unspecified atom stereocenters. The van der Waals surface area contributed by atoms with Gasteiger partial charge in [0.25, 0.3) is 0 Å².